The number of hydrogen-bond donors (Lipinski definition) is 3. The number of nitro groups is 1. The van der Waals surface area contributed by atoms with Gasteiger partial charge in [0.15, 0.2) is 5.78 Å². The lowest BCUT2D eigenvalue weighted by atomic mass is 9.79. The molecule has 12 nitrogen and oxygen atoms in total. The average molecular weight is 690 g/mol. The highest BCUT2D eigenvalue weighted by Crippen LogP contribution is 2.51. The number of benzene rings is 2. The van der Waals surface area contributed by atoms with E-state index in [1.807, 2.05) is 13.8 Å². The smallest absolute Gasteiger partial charge is 0.310 e. The van der Waals surface area contributed by atoms with Gasteiger partial charge in [-0.2, -0.15) is 0 Å². The maximum atomic E-state index is 14.4. The molecule has 2 aromatic carbocycles. The highest BCUT2D eigenvalue weighted by atomic mass is 16.6. The van der Waals surface area contributed by atoms with Crippen molar-refractivity contribution in [2.45, 2.75) is 103 Å². The maximum Gasteiger partial charge on any atom is 0.310 e. The highest BCUT2D eigenvalue weighted by molar-refractivity contribution is 5.98. The zero-order valence-electron chi connectivity index (χ0n) is 28.9. The van der Waals surface area contributed by atoms with Crippen molar-refractivity contribution >= 4 is 35.0 Å². The summed E-state index contributed by atoms with van der Waals surface area (Å²) in [5, 5.41) is 26.9. The van der Waals surface area contributed by atoms with Gasteiger partial charge in [-0.05, 0) is 73.6 Å². The number of rotatable bonds is 15. The second-order valence-corrected chi connectivity index (χ2v) is 14.7. The summed E-state index contributed by atoms with van der Waals surface area (Å²) in [6.45, 7) is 5.01. The van der Waals surface area contributed by atoms with Gasteiger partial charge in [0.05, 0.1) is 16.4 Å². The molecular weight excluding hydrogens is 642 g/mol. The number of carbonyl (C=O) groups excluding carboxylic acids is 4. The van der Waals surface area contributed by atoms with E-state index in [0.717, 1.165) is 32.1 Å². The van der Waals surface area contributed by atoms with Gasteiger partial charge >= 0.3 is 5.97 Å². The van der Waals surface area contributed by atoms with E-state index in [-0.39, 0.29) is 54.3 Å². The number of carbonyl (C=O) groups is 5. The zero-order valence-corrected chi connectivity index (χ0v) is 28.9. The van der Waals surface area contributed by atoms with Crippen LogP contribution in [0.15, 0.2) is 48.5 Å². The molecule has 3 saturated carbocycles. The summed E-state index contributed by atoms with van der Waals surface area (Å²) >= 11 is 0. The largest absolute Gasteiger partial charge is 0.490 e. The molecule has 3 N–H and O–H groups in total. The molecule has 0 saturated heterocycles. The van der Waals surface area contributed by atoms with Crippen molar-refractivity contribution in [2.75, 3.05) is 0 Å². The van der Waals surface area contributed by atoms with E-state index < -0.39 is 52.2 Å². The van der Waals surface area contributed by atoms with E-state index in [2.05, 4.69) is 10.6 Å². The number of ketones is 2. The Bertz CT molecular complexity index is 1630. The van der Waals surface area contributed by atoms with Crippen molar-refractivity contribution < 1.29 is 38.7 Å². The number of hydrogen-bond acceptors (Lipinski definition) is 8. The molecule has 3 fully saturated rings. The van der Waals surface area contributed by atoms with Crippen LogP contribution in [0.4, 0.5) is 5.69 Å². The SMILES string of the molecule is CC(=O)N[C@H](C(=O)N[C@H](C(=O)C1C[C@H](Oc2cccc(-c3cccc([N+](=O)[O-])c3)c2)C[C@H]1C(=O)CC1(C(=O)O)CC1)C(C)C)C1CCCCC1. The first-order valence-corrected chi connectivity index (χ1v) is 17.7. The molecule has 2 aromatic rings. The number of carboxylic acid groups (broad SMARTS) is 1. The number of nitro benzene ring substituents is 1. The predicted molar refractivity (Wildman–Crippen MR) is 184 cm³/mol. The minimum Gasteiger partial charge on any atom is -0.490 e. The van der Waals surface area contributed by atoms with E-state index >= 15 is 0 Å². The fourth-order valence-corrected chi connectivity index (χ4v) is 7.70. The Labute approximate surface area is 291 Å². The van der Waals surface area contributed by atoms with Crippen molar-refractivity contribution in [2.24, 2.45) is 29.1 Å². The molecular formula is C38H47N3O9. The van der Waals surface area contributed by atoms with Gasteiger partial charge in [-0.25, -0.2) is 0 Å². The Morgan fingerprint density at radius 2 is 1.58 bits per heavy atom. The van der Waals surface area contributed by atoms with Crippen LogP contribution in [0.3, 0.4) is 0 Å². The molecule has 12 heteroatoms. The van der Waals surface area contributed by atoms with Crippen molar-refractivity contribution in [3.05, 3.63) is 58.6 Å². The van der Waals surface area contributed by atoms with Crippen LogP contribution >= 0.6 is 0 Å². The first kappa shape index (κ1) is 36.7. The van der Waals surface area contributed by atoms with Gasteiger partial charge in [0.2, 0.25) is 11.8 Å². The monoisotopic (exact) mass is 689 g/mol. The molecule has 5 atom stereocenters. The van der Waals surface area contributed by atoms with Crippen molar-refractivity contribution in [1.82, 2.24) is 10.6 Å². The van der Waals surface area contributed by atoms with Crippen LogP contribution in [0.25, 0.3) is 11.1 Å². The highest BCUT2D eigenvalue weighted by Gasteiger charge is 2.54. The third-order valence-corrected chi connectivity index (χ3v) is 10.7. The van der Waals surface area contributed by atoms with Gasteiger partial charge in [0, 0.05) is 37.3 Å². The number of nitrogens with one attached hydrogen (secondary N) is 2. The minimum atomic E-state index is -1.10. The Morgan fingerprint density at radius 3 is 2.18 bits per heavy atom. The zero-order chi connectivity index (χ0) is 36.2. The fraction of sp³-hybridized carbons (Fsp3) is 0.553. The van der Waals surface area contributed by atoms with Crippen LogP contribution in [-0.4, -0.2) is 57.6 Å². The molecule has 0 aromatic heterocycles. The first-order chi connectivity index (χ1) is 23.8. The second kappa shape index (κ2) is 15.5. The topological polar surface area (TPSA) is 182 Å². The van der Waals surface area contributed by atoms with E-state index in [4.69, 9.17) is 4.74 Å². The van der Waals surface area contributed by atoms with E-state index in [9.17, 15) is 39.2 Å². The van der Waals surface area contributed by atoms with E-state index in [1.165, 1.54) is 19.1 Å². The van der Waals surface area contributed by atoms with Crippen LogP contribution in [0.5, 0.6) is 5.75 Å². The van der Waals surface area contributed by atoms with Crippen LogP contribution in [0, 0.1) is 39.2 Å². The van der Waals surface area contributed by atoms with Crippen molar-refractivity contribution in [3.63, 3.8) is 0 Å². The van der Waals surface area contributed by atoms with Crippen LogP contribution < -0.4 is 15.4 Å². The summed E-state index contributed by atoms with van der Waals surface area (Å²) in [6, 6.07) is 11.6. The fourth-order valence-electron chi connectivity index (χ4n) is 7.70. The number of ether oxygens (including phenoxy) is 1. The molecule has 50 heavy (non-hydrogen) atoms. The summed E-state index contributed by atoms with van der Waals surface area (Å²) in [7, 11) is 0. The van der Waals surface area contributed by atoms with Gasteiger partial charge in [0.25, 0.3) is 5.69 Å². The number of non-ortho nitro benzene ring substituents is 1. The molecule has 3 aliphatic rings. The number of nitrogens with zero attached hydrogens (tertiary/aromatic N) is 1. The normalized spacial score (nSPS) is 22.6. The number of aliphatic carboxylic acids is 1. The molecule has 268 valence electrons. The van der Waals surface area contributed by atoms with Crippen molar-refractivity contribution in [1.29, 1.82) is 0 Å². The standard InChI is InChI=1S/C38H47N3O9/c1-22(2)33(40-36(45)34(39-23(3)42)24-9-5-4-6-10-24)35(44)31-20-29(19-30(31)32(43)21-38(15-16-38)37(46)47)50-28-14-8-12-26(18-28)25-11-7-13-27(17-25)41(48)49/h7-8,11-14,17-18,22,24,29-31,33-34H,4-6,9-10,15-16,19-21H2,1-3H3,(H,39,42)(H,40,45)(H,46,47)/t29-,30-,31?,33+,34+/m1/s1. The summed E-state index contributed by atoms with van der Waals surface area (Å²) in [4.78, 5) is 77.0. The summed E-state index contributed by atoms with van der Waals surface area (Å²) in [5.74, 6) is -3.91. The van der Waals surface area contributed by atoms with Crippen LogP contribution in [0.1, 0.15) is 85.0 Å². The first-order valence-electron chi connectivity index (χ1n) is 17.7. The van der Waals surface area contributed by atoms with Gasteiger partial charge in [-0.1, -0.05) is 57.4 Å². The Hall–Kier alpha value is -4.61. The summed E-state index contributed by atoms with van der Waals surface area (Å²) < 4.78 is 6.36. The quantitative estimate of drug-likeness (QED) is 0.157. The third-order valence-electron chi connectivity index (χ3n) is 10.7. The molecule has 5 rings (SSSR count). The molecule has 1 unspecified atom stereocenters. The molecule has 0 aliphatic heterocycles. The maximum absolute atomic E-state index is 14.4. The number of carboxylic acids is 1. The number of Topliss-reactive ketones (excluding diaryl/α,β-unsaturated/α-hetero) is 2. The third kappa shape index (κ3) is 8.57. The van der Waals surface area contributed by atoms with Crippen molar-refractivity contribution in [3.8, 4) is 16.9 Å². The van der Waals surface area contributed by atoms with Gasteiger partial charge in [-0.15, -0.1) is 0 Å². The Balaban J connectivity index is 1.37. The predicted octanol–water partition coefficient (Wildman–Crippen LogP) is 5.65. The Kier molecular flexibility index (Phi) is 11.4. The molecule has 0 radical (unpaired) electrons. The van der Waals surface area contributed by atoms with Crippen LogP contribution in [-0.2, 0) is 24.0 Å². The van der Waals surface area contributed by atoms with E-state index in [1.54, 1.807) is 36.4 Å². The molecule has 0 heterocycles. The minimum absolute atomic E-state index is 0.0438. The van der Waals surface area contributed by atoms with Gasteiger partial charge in [-0.3, -0.25) is 34.1 Å². The van der Waals surface area contributed by atoms with Gasteiger partial charge < -0.3 is 20.5 Å². The molecule has 2 amide bonds. The molecule has 3 aliphatic carbocycles. The van der Waals surface area contributed by atoms with Gasteiger partial charge in [0.1, 0.15) is 23.7 Å². The molecule has 0 bridgehead atoms. The average Bonchev–Trinajstić information content (AvgIpc) is 3.76. The Morgan fingerprint density at radius 1 is 0.940 bits per heavy atom. The lowest BCUT2D eigenvalue weighted by Gasteiger charge is -2.32. The second-order valence-electron chi connectivity index (χ2n) is 14.7. The summed E-state index contributed by atoms with van der Waals surface area (Å²) in [6.07, 6.45) is 5.04. The lowest BCUT2D eigenvalue weighted by molar-refractivity contribution is -0.384. The molecule has 0 spiro atoms. The van der Waals surface area contributed by atoms with E-state index in [0.29, 0.717) is 29.7 Å². The number of amides is 2. The van der Waals surface area contributed by atoms with Crippen LogP contribution in [0.2, 0.25) is 0 Å². The summed E-state index contributed by atoms with van der Waals surface area (Å²) in [5.41, 5.74) is 0.168. The lowest BCUT2D eigenvalue weighted by Crippen LogP contribution is -2.56.